The molecule has 0 aliphatic carbocycles. The number of hydrogen-bond donors (Lipinski definition) is 1. The Balaban J connectivity index is 0.00000196. The van der Waals surface area contributed by atoms with Gasteiger partial charge in [0.2, 0.25) is 0 Å². The molecule has 1 aromatic rings. The molecule has 0 unspecified atom stereocenters. The molecule has 3 nitrogen and oxygen atoms in total. The van der Waals surface area contributed by atoms with Gasteiger partial charge in [0.25, 0.3) is 0 Å². The van der Waals surface area contributed by atoms with Crippen molar-refractivity contribution in [1.82, 2.24) is 4.98 Å². The molecule has 0 radical (unpaired) electrons. The van der Waals surface area contributed by atoms with Crippen LogP contribution < -0.4 is 5.73 Å². The fraction of sp³-hybridized carbons (Fsp3) is 0.111. The minimum absolute atomic E-state index is 0. The lowest BCUT2D eigenvalue weighted by Crippen LogP contribution is -2.14. The first-order chi connectivity index (χ1) is 6.65. The molecule has 0 spiro atoms. The summed E-state index contributed by atoms with van der Waals surface area (Å²) in [7, 11) is 0. The Hall–Kier alpha value is -0.950. The third-order valence-corrected chi connectivity index (χ3v) is 1.93. The van der Waals surface area contributed by atoms with Crippen molar-refractivity contribution in [2.75, 3.05) is 6.54 Å². The van der Waals surface area contributed by atoms with Crippen molar-refractivity contribution in [2.24, 2.45) is 10.7 Å². The monoisotopic (exact) mass is 263 g/mol. The van der Waals surface area contributed by atoms with Gasteiger partial charge in [-0.3, -0.25) is 4.99 Å². The highest BCUT2D eigenvalue weighted by atomic mass is 35.5. The van der Waals surface area contributed by atoms with Gasteiger partial charge in [0.1, 0.15) is 22.7 Å². The first kappa shape index (κ1) is 14.1. The molecule has 1 aromatic heterocycles. The molecule has 0 saturated heterocycles. The number of aliphatic imine (C=N–C) groups is 1. The molecular weight excluding hydrogens is 256 g/mol. The average Bonchev–Trinajstić information content (AvgIpc) is 2.14. The first-order valence-corrected chi connectivity index (χ1v) is 4.46. The molecule has 0 atom stereocenters. The minimum Gasteiger partial charge on any atom is -0.383 e. The van der Waals surface area contributed by atoms with Crippen LogP contribution in [0.15, 0.2) is 17.1 Å². The third kappa shape index (κ3) is 3.96. The van der Waals surface area contributed by atoms with Gasteiger partial charge in [-0.2, -0.15) is 0 Å². The zero-order valence-corrected chi connectivity index (χ0v) is 9.90. The number of nitrogens with two attached hydrogens (primary N) is 1. The molecule has 2 N–H and O–H groups in total. The summed E-state index contributed by atoms with van der Waals surface area (Å²) in [6.45, 7) is 0.213. The second kappa shape index (κ2) is 6.52. The van der Waals surface area contributed by atoms with Gasteiger partial charge in [0.05, 0.1) is 5.56 Å². The molecule has 1 heterocycles. The summed E-state index contributed by atoms with van der Waals surface area (Å²) in [4.78, 5) is 7.72. The van der Waals surface area contributed by atoms with Crippen LogP contribution in [-0.4, -0.2) is 17.4 Å². The van der Waals surface area contributed by atoms with Crippen LogP contribution in [0.3, 0.4) is 0 Å². The molecule has 0 bridgehead atoms. The molecule has 0 aliphatic heterocycles. The maximum atomic E-state index is 5.80. The zero-order chi connectivity index (χ0) is 10.6. The van der Waals surface area contributed by atoms with Gasteiger partial charge in [-0.05, 0) is 12.1 Å². The highest BCUT2D eigenvalue weighted by Gasteiger charge is 2.05. The molecule has 6 heteroatoms. The Morgan fingerprint density at radius 1 is 1.53 bits per heavy atom. The van der Waals surface area contributed by atoms with Gasteiger partial charge < -0.3 is 5.73 Å². The van der Waals surface area contributed by atoms with Crippen molar-refractivity contribution in [1.29, 1.82) is 0 Å². The van der Waals surface area contributed by atoms with Gasteiger partial charge >= 0.3 is 0 Å². The highest BCUT2D eigenvalue weighted by molar-refractivity contribution is 6.34. The van der Waals surface area contributed by atoms with Crippen molar-refractivity contribution in [3.8, 4) is 12.3 Å². The Morgan fingerprint density at radius 3 is 2.73 bits per heavy atom. The molecule has 1 rings (SSSR count). The standard InChI is InChI=1S/C9H7Cl2N3.ClH/c1-2-5-13-9(12)6-3-4-7(10)14-8(6)11;/h1,3-4H,5H2,(H2,12,13);1H. The number of halogens is 3. The van der Waals surface area contributed by atoms with E-state index < -0.39 is 0 Å². The molecular formula is C9H8Cl3N3. The van der Waals surface area contributed by atoms with Gasteiger partial charge in [-0.25, -0.2) is 4.98 Å². The molecule has 80 valence electrons. The predicted molar refractivity (Wildman–Crippen MR) is 65.9 cm³/mol. The summed E-state index contributed by atoms with van der Waals surface area (Å²) >= 11 is 11.4. The topological polar surface area (TPSA) is 51.3 Å². The highest BCUT2D eigenvalue weighted by Crippen LogP contribution is 2.16. The smallest absolute Gasteiger partial charge is 0.141 e. The number of nitrogens with zero attached hydrogens (tertiary/aromatic N) is 2. The van der Waals surface area contributed by atoms with Crippen LogP contribution in [0.2, 0.25) is 10.3 Å². The molecule has 0 fully saturated rings. The van der Waals surface area contributed by atoms with E-state index in [4.69, 9.17) is 35.4 Å². The van der Waals surface area contributed by atoms with E-state index in [0.29, 0.717) is 10.7 Å². The number of hydrogen-bond acceptors (Lipinski definition) is 2. The maximum Gasteiger partial charge on any atom is 0.141 e. The predicted octanol–water partition coefficient (Wildman–Crippen LogP) is 2.15. The van der Waals surface area contributed by atoms with Crippen LogP contribution in [-0.2, 0) is 0 Å². The van der Waals surface area contributed by atoms with Crippen LogP contribution >= 0.6 is 35.6 Å². The summed E-state index contributed by atoms with van der Waals surface area (Å²) < 4.78 is 0. The van der Waals surface area contributed by atoms with Crippen LogP contribution in [0.5, 0.6) is 0 Å². The molecule has 15 heavy (non-hydrogen) atoms. The number of pyridine rings is 1. The van der Waals surface area contributed by atoms with Crippen molar-refractivity contribution < 1.29 is 0 Å². The molecule has 0 aliphatic rings. The van der Waals surface area contributed by atoms with Gasteiger partial charge in [-0.15, -0.1) is 18.8 Å². The Bertz CT molecular complexity index is 410. The van der Waals surface area contributed by atoms with Crippen LogP contribution in [0.25, 0.3) is 0 Å². The summed E-state index contributed by atoms with van der Waals surface area (Å²) in [5.41, 5.74) is 6.15. The van der Waals surface area contributed by atoms with E-state index in [-0.39, 0.29) is 29.9 Å². The van der Waals surface area contributed by atoms with Gasteiger partial charge in [0.15, 0.2) is 0 Å². The van der Waals surface area contributed by atoms with E-state index in [2.05, 4.69) is 15.9 Å². The van der Waals surface area contributed by atoms with Gasteiger partial charge in [-0.1, -0.05) is 29.1 Å². The van der Waals surface area contributed by atoms with Crippen LogP contribution in [0.1, 0.15) is 5.56 Å². The second-order valence-electron chi connectivity index (χ2n) is 2.38. The lowest BCUT2D eigenvalue weighted by atomic mass is 10.2. The SMILES string of the molecule is C#CCN=C(N)c1ccc(Cl)nc1Cl.Cl. The average molecular weight is 265 g/mol. The van der Waals surface area contributed by atoms with Crippen molar-refractivity contribution >= 4 is 41.4 Å². The second-order valence-corrected chi connectivity index (χ2v) is 3.12. The summed E-state index contributed by atoms with van der Waals surface area (Å²) in [6, 6.07) is 3.23. The minimum atomic E-state index is 0. The van der Waals surface area contributed by atoms with E-state index in [9.17, 15) is 0 Å². The normalized spacial score (nSPS) is 10.3. The number of amidine groups is 1. The van der Waals surface area contributed by atoms with Crippen LogP contribution in [0, 0.1) is 12.3 Å². The van der Waals surface area contributed by atoms with Crippen molar-refractivity contribution in [2.45, 2.75) is 0 Å². The molecule has 0 saturated carbocycles. The fourth-order valence-corrected chi connectivity index (χ4v) is 1.26. The van der Waals surface area contributed by atoms with E-state index in [1.54, 1.807) is 12.1 Å². The van der Waals surface area contributed by atoms with Crippen molar-refractivity contribution in [3.63, 3.8) is 0 Å². The Morgan fingerprint density at radius 2 is 2.20 bits per heavy atom. The van der Waals surface area contributed by atoms with E-state index in [1.807, 2.05) is 0 Å². The molecule has 0 amide bonds. The van der Waals surface area contributed by atoms with E-state index in [0.717, 1.165) is 0 Å². The van der Waals surface area contributed by atoms with Crippen molar-refractivity contribution in [3.05, 3.63) is 28.0 Å². The number of terminal acetylenes is 1. The zero-order valence-electron chi connectivity index (χ0n) is 7.58. The Kier molecular flexibility index (Phi) is 6.11. The lowest BCUT2D eigenvalue weighted by molar-refractivity contribution is 1.25. The summed E-state index contributed by atoms with van der Waals surface area (Å²) in [6.07, 6.45) is 5.03. The first-order valence-electron chi connectivity index (χ1n) is 3.71. The van der Waals surface area contributed by atoms with E-state index >= 15 is 0 Å². The summed E-state index contributed by atoms with van der Waals surface area (Å²) in [5.74, 6) is 2.60. The largest absolute Gasteiger partial charge is 0.383 e. The fourth-order valence-electron chi connectivity index (χ4n) is 0.819. The molecule has 0 aromatic carbocycles. The maximum absolute atomic E-state index is 5.80. The number of aromatic nitrogens is 1. The third-order valence-electron chi connectivity index (χ3n) is 1.43. The van der Waals surface area contributed by atoms with E-state index in [1.165, 1.54) is 0 Å². The quantitative estimate of drug-likeness (QED) is 0.385. The van der Waals surface area contributed by atoms with Gasteiger partial charge in [0, 0.05) is 0 Å². The Labute approximate surface area is 104 Å². The van der Waals surface area contributed by atoms with Crippen LogP contribution in [0.4, 0.5) is 0 Å². The summed E-state index contributed by atoms with van der Waals surface area (Å²) in [5, 5.41) is 0.527. The lowest BCUT2D eigenvalue weighted by Gasteiger charge is -2.02. The number of rotatable bonds is 2.